The molecule has 0 aliphatic carbocycles. The number of hydrogen-bond acceptors (Lipinski definition) is 5. The van der Waals surface area contributed by atoms with Gasteiger partial charge >= 0.3 is 0 Å². The van der Waals surface area contributed by atoms with Crippen LogP contribution >= 0.6 is 0 Å². The van der Waals surface area contributed by atoms with E-state index in [0.29, 0.717) is 13.1 Å². The molecule has 0 atom stereocenters. The molecule has 1 N–H and O–H groups in total. The summed E-state index contributed by atoms with van der Waals surface area (Å²) >= 11 is 0. The Bertz CT molecular complexity index is 643. The highest BCUT2D eigenvalue weighted by Gasteiger charge is 2.14. The van der Waals surface area contributed by atoms with Crippen molar-refractivity contribution < 1.29 is 10.0 Å². The normalized spacial score (nSPS) is 10.8. The van der Waals surface area contributed by atoms with Gasteiger partial charge in [-0.3, -0.25) is 15.1 Å². The number of benzene rings is 1. The minimum atomic E-state index is -0.411. The van der Waals surface area contributed by atoms with Gasteiger partial charge < -0.3 is 10.0 Å². The monoisotopic (exact) mass is 275 g/mol. The van der Waals surface area contributed by atoms with E-state index in [2.05, 4.69) is 4.98 Å². The molecule has 0 unspecified atom stereocenters. The molecule has 0 amide bonds. The lowest BCUT2D eigenvalue weighted by atomic mass is 10.1. The number of nitro benzene ring substituents is 1. The number of hydrogen-bond donors (Lipinski definition) is 1. The topological polar surface area (TPSA) is 79.5 Å². The number of aliphatic hydroxyl groups is 1. The number of nitrogens with zero attached hydrogens (tertiary/aromatic N) is 3. The Kier molecular flexibility index (Phi) is 4.14. The minimum absolute atomic E-state index is 0.0334. The first-order chi connectivity index (χ1) is 9.56. The van der Waals surface area contributed by atoms with E-state index in [1.807, 2.05) is 24.8 Å². The lowest BCUT2D eigenvalue weighted by molar-refractivity contribution is -0.384. The Hall–Kier alpha value is -2.21. The van der Waals surface area contributed by atoms with Gasteiger partial charge in [0, 0.05) is 42.0 Å². The quantitative estimate of drug-likeness (QED) is 0.669. The zero-order chi connectivity index (χ0) is 14.7. The minimum Gasteiger partial charge on any atom is -0.395 e. The third-order valence-corrected chi connectivity index (χ3v) is 3.20. The fourth-order valence-corrected chi connectivity index (χ4v) is 2.27. The number of non-ortho nitro benzene ring substituents is 1. The van der Waals surface area contributed by atoms with Crippen molar-refractivity contribution in [3.63, 3.8) is 0 Å². The van der Waals surface area contributed by atoms with Crippen LogP contribution in [0.2, 0.25) is 0 Å². The third kappa shape index (κ3) is 2.70. The van der Waals surface area contributed by atoms with Gasteiger partial charge in [0.15, 0.2) is 0 Å². The Balaban J connectivity index is 2.66. The van der Waals surface area contributed by atoms with Crippen LogP contribution in [0.3, 0.4) is 0 Å². The summed E-state index contributed by atoms with van der Waals surface area (Å²) in [6, 6.07) is 6.56. The van der Waals surface area contributed by atoms with Gasteiger partial charge in [0.25, 0.3) is 5.69 Å². The molecular formula is C14H17N3O3. The first-order valence-electron chi connectivity index (χ1n) is 6.48. The Labute approximate surface area is 116 Å². The average Bonchev–Trinajstić information content (AvgIpc) is 2.43. The van der Waals surface area contributed by atoms with E-state index in [-0.39, 0.29) is 12.3 Å². The molecule has 0 aliphatic rings. The summed E-state index contributed by atoms with van der Waals surface area (Å²) in [4.78, 5) is 16.9. The number of rotatable bonds is 5. The van der Waals surface area contributed by atoms with E-state index in [1.54, 1.807) is 6.07 Å². The van der Waals surface area contributed by atoms with Crippen LogP contribution in [0.1, 0.15) is 12.6 Å². The predicted octanol–water partition coefficient (Wildman–Crippen LogP) is 2.27. The fraction of sp³-hybridized carbons (Fsp3) is 0.357. The van der Waals surface area contributed by atoms with Crippen LogP contribution in [0.15, 0.2) is 24.3 Å². The van der Waals surface area contributed by atoms with E-state index in [0.717, 1.165) is 22.3 Å². The van der Waals surface area contributed by atoms with Gasteiger partial charge in [-0.2, -0.15) is 0 Å². The molecule has 6 nitrogen and oxygen atoms in total. The van der Waals surface area contributed by atoms with Gasteiger partial charge in [0.05, 0.1) is 17.0 Å². The maximum absolute atomic E-state index is 10.9. The molecule has 0 bridgehead atoms. The van der Waals surface area contributed by atoms with Crippen molar-refractivity contribution in [1.29, 1.82) is 0 Å². The number of aryl methyl sites for hydroxylation is 1. The van der Waals surface area contributed by atoms with Gasteiger partial charge in [0.1, 0.15) is 0 Å². The molecule has 0 saturated carbocycles. The Morgan fingerprint density at radius 1 is 1.40 bits per heavy atom. The zero-order valence-corrected chi connectivity index (χ0v) is 11.5. The molecule has 2 aromatic rings. The lowest BCUT2D eigenvalue weighted by Crippen LogP contribution is -2.26. The van der Waals surface area contributed by atoms with Crippen LogP contribution in [-0.4, -0.2) is 34.7 Å². The summed E-state index contributed by atoms with van der Waals surface area (Å²) in [6.07, 6.45) is 0. The summed E-state index contributed by atoms with van der Waals surface area (Å²) in [5.74, 6) is 0. The van der Waals surface area contributed by atoms with Crippen molar-refractivity contribution in [2.24, 2.45) is 0 Å². The molecule has 2 rings (SSSR count). The predicted molar refractivity (Wildman–Crippen MR) is 78.1 cm³/mol. The van der Waals surface area contributed by atoms with E-state index >= 15 is 0 Å². The largest absolute Gasteiger partial charge is 0.395 e. The average molecular weight is 275 g/mol. The number of likely N-dealkylation sites (N-methyl/N-ethyl adjacent to an activating group) is 1. The van der Waals surface area contributed by atoms with E-state index < -0.39 is 4.92 Å². The summed E-state index contributed by atoms with van der Waals surface area (Å²) in [7, 11) is 0. The summed E-state index contributed by atoms with van der Waals surface area (Å²) in [5.41, 5.74) is 2.48. The number of aliphatic hydroxyl groups excluding tert-OH is 1. The van der Waals surface area contributed by atoms with Gasteiger partial charge in [-0.05, 0) is 26.0 Å². The molecule has 20 heavy (non-hydrogen) atoms. The third-order valence-electron chi connectivity index (χ3n) is 3.20. The van der Waals surface area contributed by atoms with Crippen molar-refractivity contribution in [2.75, 3.05) is 24.6 Å². The number of pyridine rings is 1. The molecule has 106 valence electrons. The first-order valence-corrected chi connectivity index (χ1v) is 6.48. The van der Waals surface area contributed by atoms with Crippen LogP contribution in [0.5, 0.6) is 0 Å². The van der Waals surface area contributed by atoms with E-state index in [9.17, 15) is 10.1 Å². The highest BCUT2D eigenvalue weighted by molar-refractivity contribution is 5.93. The van der Waals surface area contributed by atoms with E-state index in [1.165, 1.54) is 12.1 Å². The standard InChI is InChI=1S/C14H17N3O3/c1-3-16(6-7-18)14-8-10(2)15-13-5-4-11(17(19)20)9-12(13)14/h4-5,8-9,18H,3,6-7H2,1-2H3. The molecule has 0 fully saturated rings. The lowest BCUT2D eigenvalue weighted by Gasteiger charge is -2.23. The van der Waals surface area contributed by atoms with Gasteiger partial charge in [-0.1, -0.05) is 0 Å². The molecule has 6 heteroatoms. The van der Waals surface area contributed by atoms with E-state index in [4.69, 9.17) is 5.11 Å². The van der Waals surface area contributed by atoms with Crippen molar-refractivity contribution in [3.8, 4) is 0 Å². The highest BCUT2D eigenvalue weighted by atomic mass is 16.6. The molecule has 1 heterocycles. The van der Waals surface area contributed by atoms with Crippen LogP contribution < -0.4 is 4.90 Å². The molecule has 0 saturated heterocycles. The van der Waals surface area contributed by atoms with Crippen molar-refractivity contribution in [1.82, 2.24) is 4.98 Å². The fourth-order valence-electron chi connectivity index (χ4n) is 2.27. The van der Waals surface area contributed by atoms with Crippen LogP contribution in [0.4, 0.5) is 11.4 Å². The van der Waals surface area contributed by atoms with Gasteiger partial charge in [-0.15, -0.1) is 0 Å². The maximum Gasteiger partial charge on any atom is 0.270 e. The second-order valence-corrected chi connectivity index (χ2v) is 4.54. The maximum atomic E-state index is 10.9. The Morgan fingerprint density at radius 2 is 2.15 bits per heavy atom. The van der Waals surface area contributed by atoms with Crippen molar-refractivity contribution in [3.05, 3.63) is 40.1 Å². The number of nitro groups is 1. The SMILES string of the molecule is CCN(CCO)c1cc(C)nc2ccc([N+](=O)[O-])cc12. The first kappa shape index (κ1) is 14.2. The second kappa shape index (κ2) is 5.83. The molecular weight excluding hydrogens is 258 g/mol. The molecule has 0 radical (unpaired) electrons. The number of fused-ring (bicyclic) bond motifs is 1. The summed E-state index contributed by atoms with van der Waals surface area (Å²) in [6.45, 7) is 5.09. The number of aromatic nitrogens is 1. The zero-order valence-electron chi connectivity index (χ0n) is 11.5. The molecule has 1 aromatic carbocycles. The highest BCUT2D eigenvalue weighted by Crippen LogP contribution is 2.29. The van der Waals surface area contributed by atoms with Crippen molar-refractivity contribution >= 4 is 22.3 Å². The van der Waals surface area contributed by atoms with Crippen LogP contribution in [0, 0.1) is 17.0 Å². The molecule has 0 aliphatic heterocycles. The van der Waals surface area contributed by atoms with Gasteiger partial charge in [-0.25, -0.2) is 0 Å². The van der Waals surface area contributed by atoms with Crippen LogP contribution in [0.25, 0.3) is 10.9 Å². The Morgan fingerprint density at radius 3 is 2.75 bits per heavy atom. The molecule has 0 spiro atoms. The van der Waals surface area contributed by atoms with Gasteiger partial charge in [0.2, 0.25) is 0 Å². The van der Waals surface area contributed by atoms with Crippen molar-refractivity contribution in [2.45, 2.75) is 13.8 Å². The summed E-state index contributed by atoms with van der Waals surface area (Å²) in [5, 5.41) is 20.8. The number of anilines is 1. The van der Waals surface area contributed by atoms with Crippen LogP contribution in [-0.2, 0) is 0 Å². The summed E-state index contributed by atoms with van der Waals surface area (Å²) < 4.78 is 0. The second-order valence-electron chi connectivity index (χ2n) is 4.54. The molecule has 1 aromatic heterocycles. The smallest absolute Gasteiger partial charge is 0.270 e.